The number of nitrogens with one attached hydrogen (secondary N) is 1. The first-order valence-electron chi connectivity index (χ1n) is 8.06. The van der Waals surface area contributed by atoms with E-state index in [9.17, 15) is 4.79 Å². The molecular weight excluding hydrogens is 288 g/mol. The van der Waals surface area contributed by atoms with E-state index in [0.717, 1.165) is 12.0 Å². The molecule has 1 atom stereocenters. The van der Waals surface area contributed by atoms with E-state index in [1.54, 1.807) is 0 Å². The third-order valence-corrected chi connectivity index (χ3v) is 4.06. The van der Waals surface area contributed by atoms with Crippen molar-refractivity contribution in [3.63, 3.8) is 0 Å². The monoisotopic (exact) mass is 310 g/mol. The molecule has 120 valence electrons. The van der Waals surface area contributed by atoms with Crippen molar-refractivity contribution in [2.75, 3.05) is 26.2 Å². The van der Waals surface area contributed by atoms with Gasteiger partial charge in [-0.3, -0.25) is 0 Å². The van der Waals surface area contributed by atoms with Crippen molar-refractivity contribution in [1.82, 2.24) is 10.2 Å². The van der Waals surface area contributed by atoms with Crippen LogP contribution >= 0.6 is 0 Å². The second-order valence-electron chi connectivity index (χ2n) is 5.68. The summed E-state index contributed by atoms with van der Waals surface area (Å²) in [6.07, 6.45) is 0.809. The molecule has 1 aliphatic heterocycles. The summed E-state index contributed by atoms with van der Waals surface area (Å²) in [5.41, 5.74) is 2.35. The zero-order valence-corrected chi connectivity index (χ0v) is 13.2. The Hall–Kier alpha value is -2.33. The predicted octanol–water partition coefficient (Wildman–Crippen LogP) is 3.01. The van der Waals surface area contributed by atoms with Crippen molar-refractivity contribution in [1.29, 1.82) is 0 Å². The van der Waals surface area contributed by atoms with Crippen molar-refractivity contribution in [2.45, 2.75) is 12.5 Å². The van der Waals surface area contributed by atoms with Crippen LogP contribution in [0.15, 0.2) is 60.7 Å². The van der Waals surface area contributed by atoms with Gasteiger partial charge in [-0.05, 0) is 17.5 Å². The van der Waals surface area contributed by atoms with Crippen molar-refractivity contribution in [2.24, 2.45) is 0 Å². The number of rotatable bonds is 4. The highest BCUT2D eigenvalue weighted by Gasteiger charge is 2.24. The van der Waals surface area contributed by atoms with Gasteiger partial charge in [0.15, 0.2) is 0 Å². The van der Waals surface area contributed by atoms with Gasteiger partial charge in [-0.25, -0.2) is 4.79 Å². The van der Waals surface area contributed by atoms with E-state index in [4.69, 9.17) is 4.74 Å². The molecule has 0 spiro atoms. The van der Waals surface area contributed by atoms with Crippen LogP contribution in [-0.4, -0.2) is 37.2 Å². The van der Waals surface area contributed by atoms with Crippen LogP contribution in [0.3, 0.4) is 0 Å². The predicted molar refractivity (Wildman–Crippen MR) is 90.3 cm³/mol. The normalized spacial score (nSPS) is 17.7. The van der Waals surface area contributed by atoms with Crippen LogP contribution in [0.2, 0.25) is 0 Å². The Morgan fingerprint density at radius 2 is 1.78 bits per heavy atom. The molecule has 1 fully saturated rings. The highest BCUT2D eigenvalue weighted by Crippen LogP contribution is 2.21. The first-order valence-corrected chi connectivity index (χ1v) is 8.06. The highest BCUT2D eigenvalue weighted by atomic mass is 16.5. The summed E-state index contributed by atoms with van der Waals surface area (Å²) in [5.74, 6) is 0. The number of carbonyl (C=O) groups excluding carboxylic acids is 1. The molecule has 4 nitrogen and oxygen atoms in total. The van der Waals surface area contributed by atoms with E-state index in [1.165, 1.54) is 5.56 Å². The Morgan fingerprint density at radius 3 is 2.52 bits per heavy atom. The minimum absolute atomic E-state index is 0.00911. The first-order chi connectivity index (χ1) is 11.3. The van der Waals surface area contributed by atoms with Crippen LogP contribution < -0.4 is 5.32 Å². The number of hydrogen-bond donors (Lipinski definition) is 1. The standard InChI is InChI=1S/C19H22N2O2/c22-19(20-12-11-16-7-3-1-4-8-16)21-13-14-23-18(15-21)17-9-5-2-6-10-17/h1-10,18H,11-15H2,(H,20,22). The van der Waals surface area contributed by atoms with Gasteiger partial charge in [-0.2, -0.15) is 0 Å². The molecular formula is C19H22N2O2. The molecule has 3 rings (SSSR count). The Kier molecular flexibility index (Phi) is 5.27. The van der Waals surface area contributed by atoms with E-state index >= 15 is 0 Å². The maximum atomic E-state index is 12.3. The second-order valence-corrected chi connectivity index (χ2v) is 5.68. The van der Waals surface area contributed by atoms with Gasteiger partial charge in [0, 0.05) is 13.1 Å². The smallest absolute Gasteiger partial charge is 0.317 e. The quantitative estimate of drug-likeness (QED) is 0.943. The number of urea groups is 1. The van der Waals surface area contributed by atoms with Gasteiger partial charge in [0.2, 0.25) is 0 Å². The number of benzene rings is 2. The molecule has 0 aliphatic carbocycles. The van der Waals surface area contributed by atoms with Gasteiger partial charge < -0.3 is 15.0 Å². The molecule has 4 heteroatoms. The molecule has 1 N–H and O–H groups in total. The van der Waals surface area contributed by atoms with E-state index in [1.807, 2.05) is 53.4 Å². The van der Waals surface area contributed by atoms with E-state index in [-0.39, 0.29) is 12.1 Å². The van der Waals surface area contributed by atoms with Crippen LogP contribution in [0, 0.1) is 0 Å². The fourth-order valence-corrected chi connectivity index (χ4v) is 2.77. The zero-order valence-electron chi connectivity index (χ0n) is 13.2. The van der Waals surface area contributed by atoms with Crippen LogP contribution in [-0.2, 0) is 11.2 Å². The van der Waals surface area contributed by atoms with Gasteiger partial charge in [0.05, 0.1) is 13.2 Å². The Morgan fingerprint density at radius 1 is 1.09 bits per heavy atom. The molecule has 0 bridgehead atoms. The number of amides is 2. The van der Waals surface area contributed by atoms with Crippen LogP contribution in [0.25, 0.3) is 0 Å². The van der Waals surface area contributed by atoms with Gasteiger partial charge in [0.1, 0.15) is 6.10 Å². The molecule has 1 aliphatic rings. The maximum absolute atomic E-state index is 12.3. The molecule has 2 aromatic rings. The summed E-state index contributed by atoms with van der Waals surface area (Å²) >= 11 is 0. The summed E-state index contributed by atoms with van der Waals surface area (Å²) < 4.78 is 5.80. The number of hydrogen-bond acceptors (Lipinski definition) is 2. The largest absolute Gasteiger partial charge is 0.370 e. The van der Waals surface area contributed by atoms with Crippen LogP contribution in [0.4, 0.5) is 4.79 Å². The lowest BCUT2D eigenvalue weighted by Crippen LogP contribution is -2.47. The van der Waals surface area contributed by atoms with E-state index in [2.05, 4.69) is 17.4 Å². The van der Waals surface area contributed by atoms with Gasteiger partial charge in [-0.1, -0.05) is 60.7 Å². The fourth-order valence-electron chi connectivity index (χ4n) is 2.77. The zero-order chi connectivity index (χ0) is 15.9. The van der Waals surface area contributed by atoms with Gasteiger partial charge in [-0.15, -0.1) is 0 Å². The Labute approximate surface area is 137 Å². The van der Waals surface area contributed by atoms with Gasteiger partial charge >= 0.3 is 6.03 Å². The summed E-state index contributed by atoms with van der Waals surface area (Å²) in [6, 6.07) is 20.2. The molecule has 0 radical (unpaired) electrons. The lowest BCUT2D eigenvalue weighted by Gasteiger charge is -2.33. The van der Waals surface area contributed by atoms with Crippen molar-refractivity contribution in [3.05, 3.63) is 71.8 Å². The van der Waals surface area contributed by atoms with Crippen molar-refractivity contribution in [3.8, 4) is 0 Å². The lowest BCUT2D eigenvalue weighted by molar-refractivity contribution is -0.0153. The number of carbonyl (C=O) groups is 1. The summed E-state index contributed by atoms with van der Waals surface area (Å²) in [4.78, 5) is 14.2. The Balaban J connectivity index is 1.49. The average molecular weight is 310 g/mol. The van der Waals surface area contributed by atoms with Crippen molar-refractivity contribution >= 4 is 6.03 Å². The Bertz CT molecular complexity index is 616. The third-order valence-electron chi connectivity index (χ3n) is 4.06. The minimum Gasteiger partial charge on any atom is -0.370 e. The number of morpholine rings is 1. The highest BCUT2D eigenvalue weighted by molar-refractivity contribution is 5.74. The second kappa shape index (κ2) is 7.79. The molecule has 2 aromatic carbocycles. The molecule has 2 amide bonds. The number of ether oxygens (including phenoxy) is 1. The van der Waals surface area contributed by atoms with E-state index < -0.39 is 0 Å². The molecule has 1 unspecified atom stereocenters. The SMILES string of the molecule is O=C(NCCc1ccccc1)N1CCOC(c2ccccc2)C1. The van der Waals surface area contributed by atoms with Gasteiger partial charge in [0.25, 0.3) is 0 Å². The number of nitrogens with zero attached hydrogens (tertiary/aromatic N) is 1. The minimum atomic E-state index is -0.0372. The van der Waals surface area contributed by atoms with Crippen LogP contribution in [0.1, 0.15) is 17.2 Å². The average Bonchev–Trinajstić information content (AvgIpc) is 2.63. The maximum Gasteiger partial charge on any atom is 0.317 e. The summed E-state index contributed by atoms with van der Waals surface area (Å²) in [7, 11) is 0. The van der Waals surface area contributed by atoms with Crippen molar-refractivity contribution < 1.29 is 9.53 Å². The molecule has 1 saturated heterocycles. The third kappa shape index (κ3) is 4.33. The molecule has 23 heavy (non-hydrogen) atoms. The summed E-state index contributed by atoms with van der Waals surface area (Å²) in [5, 5.41) is 3.00. The lowest BCUT2D eigenvalue weighted by atomic mass is 10.1. The first kappa shape index (κ1) is 15.6. The molecule has 0 aromatic heterocycles. The van der Waals surface area contributed by atoms with Crippen LogP contribution in [0.5, 0.6) is 0 Å². The molecule has 1 heterocycles. The molecule has 0 saturated carbocycles. The topological polar surface area (TPSA) is 41.6 Å². The summed E-state index contributed by atoms with van der Waals surface area (Å²) in [6.45, 7) is 2.46. The van der Waals surface area contributed by atoms with E-state index in [0.29, 0.717) is 26.2 Å². The fraction of sp³-hybridized carbons (Fsp3) is 0.316.